The van der Waals surface area contributed by atoms with Crippen molar-refractivity contribution in [1.29, 1.82) is 0 Å². The molecule has 1 rings (SSSR count). The summed E-state index contributed by atoms with van der Waals surface area (Å²) in [4.78, 5) is 3.65. The predicted octanol–water partition coefficient (Wildman–Crippen LogP) is 1.32. The first-order valence-electron chi connectivity index (χ1n) is 3.50. The molecule has 0 bridgehead atoms. The quantitative estimate of drug-likeness (QED) is 0.459. The Kier molecular flexibility index (Phi) is 3.37. The fourth-order valence-corrected chi connectivity index (χ4v) is 0.846. The highest BCUT2D eigenvalue weighted by molar-refractivity contribution is 6.46. The molecule has 75 valence electrons. The fraction of sp³-hybridized carbons (Fsp3) is 0.143. The van der Waals surface area contributed by atoms with E-state index in [1.54, 1.807) is 0 Å². The Hall–Kier alpha value is -1.21. The highest BCUT2D eigenvalue weighted by Gasteiger charge is 2.31. The molecule has 14 heavy (non-hydrogen) atoms. The molecule has 1 N–H and O–H groups in total. The van der Waals surface area contributed by atoms with Gasteiger partial charge in [0.25, 0.3) is 0 Å². The summed E-state index contributed by atoms with van der Waals surface area (Å²) in [5.41, 5.74) is 0.259. The van der Waals surface area contributed by atoms with E-state index in [0.717, 1.165) is 19.6 Å². The van der Waals surface area contributed by atoms with E-state index in [-0.39, 0.29) is 11.2 Å². The number of alkyl halides is 3. The van der Waals surface area contributed by atoms with Crippen LogP contribution in [-0.2, 0) is 4.81 Å². The van der Waals surface area contributed by atoms with Gasteiger partial charge in [0.1, 0.15) is 5.75 Å². The molecule has 0 heterocycles. The molecule has 0 aliphatic carbocycles. The smallest absolute Gasteiger partial charge is 0.406 e. The maximum Gasteiger partial charge on any atom is 0.573 e. The summed E-state index contributed by atoms with van der Waals surface area (Å²) >= 11 is 0. The summed E-state index contributed by atoms with van der Waals surface area (Å²) < 4.78 is 38.9. The zero-order valence-electron chi connectivity index (χ0n) is 6.78. The zero-order valence-corrected chi connectivity index (χ0v) is 6.78. The first-order chi connectivity index (χ1) is 6.51. The van der Waals surface area contributed by atoms with Gasteiger partial charge in [0.2, 0.25) is 0 Å². The number of hydrogen-bond acceptors (Lipinski definition) is 3. The van der Waals surface area contributed by atoms with Gasteiger partial charge in [-0.2, -0.15) is 0 Å². The lowest BCUT2D eigenvalue weighted by Crippen LogP contribution is -2.20. The Balaban J connectivity index is 2.73. The van der Waals surface area contributed by atoms with Crippen LogP contribution in [0.2, 0.25) is 0 Å². The van der Waals surface area contributed by atoms with Crippen molar-refractivity contribution in [1.82, 2.24) is 0 Å². The maximum atomic E-state index is 11.7. The van der Waals surface area contributed by atoms with Gasteiger partial charge in [0, 0.05) is 0 Å². The fourth-order valence-electron chi connectivity index (χ4n) is 0.846. The van der Waals surface area contributed by atoms with Crippen molar-refractivity contribution in [3.8, 4) is 5.75 Å². The van der Waals surface area contributed by atoms with Gasteiger partial charge in [0.15, 0.2) is 0 Å². The third-order valence-electron chi connectivity index (χ3n) is 1.28. The van der Waals surface area contributed by atoms with Crippen LogP contribution in [0.1, 0.15) is 0 Å². The van der Waals surface area contributed by atoms with Crippen LogP contribution in [-0.4, -0.2) is 19.1 Å². The minimum atomic E-state index is -4.72. The van der Waals surface area contributed by atoms with E-state index in [4.69, 9.17) is 5.26 Å². The average Bonchev–Trinajstić information content (AvgIpc) is 2.02. The lowest BCUT2D eigenvalue weighted by atomic mass is 9.89. The molecule has 3 nitrogen and oxygen atoms in total. The number of benzene rings is 1. The van der Waals surface area contributed by atoms with Crippen LogP contribution in [0.3, 0.4) is 0 Å². The molecule has 1 aromatic carbocycles. The van der Waals surface area contributed by atoms with Crippen LogP contribution in [0.15, 0.2) is 24.3 Å². The Morgan fingerprint density at radius 3 is 2.57 bits per heavy atom. The Morgan fingerprint density at radius 2 is 2.00 bits per heavy atom. The molecule has 7 heteroatoms. The summed E-state index contributed by atoms with van der Waals surface area (Å²) in [6, 6.07) is 5.00. The van der Waals surface area contributed by atoms with E-state index < -0.39 is 6.36 Å². The molecule has 0 unspecified atom stereocenters. The molecule has 1 aromatic rings. The standard InChI is InChI=1S/C7H5BF3O3/c9-7(10,11)13-6-3-1-2-5(4-6)8-14-12/h1-4,12H. The van der Waals surface area contributed by atoms with E-state index in [9.17, 15) is 13.2 Å². The molecule has 0 saturated heterocycles. The van der Waals surface area contributed by atoms with E-state index >= 15 is 0 Å². The van der Waals surface area contributed by atoms with Gasteiger partial charge in [-0.15, -0.1) is 13.2 Å². The van der Waals surface area contributed by atoms with Crippen LogP contribution >= 0.6 is 0 Å². The van der Waals surface area contributed by atoms with Crippen molar-refractivity contribution in [3.05, 3.63) is 24.3 Å². The Morgan fingerprint density at radius 1 is 1.29 bits per heavy atom. The molecule has 1 radical (unpaired) electrons. The van der Waals surface area contributed by atoms with Crippen molar-refractivity contribution in [2.24, 2.45) is 0 Å². The molecule has 0 fully saturated rings. The minimum absolute atomic E-state index is 0.259. The summed E-state index contributed by atoms with van der Waals surface area (Å²) in [6.45, 7) is 0. The zero-order chi connectivity index (χ0) is 10.6. The largest absolute Gasteiger partial charge is 0.573 e. The van der Waals surface area contributed by atoms with Crippen molar-refractivity contribution >= 4 is 12.9 Å². The van der Waals surface area contributed by atoms with Crippen molar-refractivity contribution in [3.63, 3.8) is 0 Å². The monoisotopic (exact) mass is 205 g/mol. The summed E-state index contributed by atoms with van der Waals surface area (Å²) in [7, 11) is 0.878. The molecule has 0 atom stereocenters. The van der Waals surface area contributed by atoms with E-state index in [1.807, 2.05) is 0 Å². The molecular weight excluding hydrogens is 200 g/mol. The SMILES string of the molecule is OO[B]c1cccc(OC(F)(F)F)c1. The summed E-state index contributed by atoms with van der Waals surface area (Å²) in [5, 5.41) is 8.02. The number of rotatable bonds is 3. The van der Waals surface area contributed by atoms with Gasteiger partial charge in [-0.05, 0) is 17.6 Å². The van der Waals surface area contributed by atoms with E-state index in [2.05, 4.69) is 9.54 Å². The molecule has 0 aromatic heterocycles. The molecule has 0 aliphatic heterocycles. The Labute approximate surface area is 78.3 Å². The number of hydrogen-bond donors (Lipinski definition) is 1. The number of halogens is 3. The molecule has 0 aliphatic rings. The molecule has 0 saturated carbocycles. The molecule has 0 amide bonds. The lowest BCUT2D eigenvalue weighted by Gasteiger charge is -2.08. The summed E-state index contributed by atoms with van der Waals surface area (Å²) in [6.07, 6.45) is -4.72. The van der Waals surface area contributed by atoms with Crippen molar-refractivity contribution in [2.75, 3.05) is 0 Å². The highest BCUT2D eigenvalue weighted by Crippen LogP contribution is 2.21. The van der Waals surface area contributed by atoms with Gasteiger partial charge in [-0.1, -0.05) is 12.1 Å². The lowest BCUT2D eigenvalue weighted by molar-refractivity contribution is -0.274. The normalized spacial score (nSPS) is 11.1. The average molecular weight is 205 g/mol. The highest BCUT2D eigenvalue weighted by atomic mass is 19.4. The van der Waals surface area contributed by atoms with Gasteiger partial charge in [-0.3, -0.25) is 5.26 Å². The molecule has 0 spiro atoms. The topological polar surface area (TPSA) is 38.7 Å². The first-order valence-corrected chi connectivity index (χ1v) is 3.50. The van der Waals surface area contributed by atoms with Crippen molar-refractivity contribution in [2.45, 2.75) is 6.36 Å². The van der Waals surface area contributed by atoms with Gasteiger partial charge in [-0.25, -0.2) is 0 Å². The van der Waals surface area contributed by atoms with Crippen LogP contribution in [0.5, 0.6) is 5.75 Å². The molecular formula is C7H5BF3O3. The Bertz CT molecular complexity index is 302. The minimum Gasteiger partial charge on any atom is -0.406 e. The predicted molar refractivity (Wildman–Crippen MR) is 42.2 cm³/mol. The first kappa shape index (κ1) is 10.9. The third kappa shape index (κ3) is 3.67. The van der Waals surface area contributed by atoms with Crippen LogP contribution in [0.4, 0.5) is 13.2 Å². The van der Waals surface area contributed by atoms with E-state index in [1.165, 1.54) is 12.1 Å². The van der Waals surface area contributed by atoms with Gasteiger partial charge in [0.05, 0.1) is 0 Å². The van der Waals surface area contributed by atoms with Gasteiger partial charge >= 0.3 is 13.8 Å². The second-order valence-corrected chi connectivity index (χ2v) is 2.34. The third-order valence-corrected chi connectivity index (χ3v) is 1.28. The van der Waals surface area contributed by atoms with Crippen LogP contribution < -0.4 is 10.2 Å². The maximum absolute atomic E-state index is 11.7. The van der Waals surface area contributed by atoms with E-state index in [0.29, 0.717) is 0 Å². The van der Waals surface area contributed by atoms with Gasteiger partial charge < -0.3 is 9.54 Å². The van der Waals surface area contributed by atoms with Crippen LogP contribution in [0.25, 0.3) is 0 Å². The van der Waals surface area contributed by atoms with Crippen LogP contribution in [0, 0.1) is 0 Å². The number of ether oxygens (including phenoxy) is 1. The second-order valence-electron chi connectivity index (χ2n) is 2.34. The second kappa shape index (κ2) is 4.34. The van der Waals surface area contributed by atoms with Crippen molar-refractivity contribution < 1.29 is 28.0 Å². The summed E-state index contributed by atoms with van der Waals surface area (Å²) in [5.74, 6) is -0.372.